The van der Waals surface area contributed by atoms with Crippen molar-refractivity contribution in [3.63, 3.8) is 0 Å². The second-order valence-corrected chi connectivity index (χ2v) is 5.75. The van der Waals surface area contributed by atoms with Crippen LogP contribution < -0.4 is 5.73 Å². The summed E-state index contributed by atoms with van der Waals surface area (Å²) in [6.45, 7) is 7.33. The zero-order valence-corrected chi connectivity index (χ0v) is 9.30. The van der Waals surface area contributed by atoms with Gasteiger partial charge >= 0.3 is 0 Å². The van der Waals surface area contributed by atoms with Crippen LogP contribution in [0.1, 0.15) is 13.8 Å². The van der Waals surface area contributed by atoms with Gasteiger partial charge in [-0.15, -0.1) is 6.58 Å². The maximum absolute atomic E-state index is 11.3. The van der Waals surface area contributed by atoms with E-state index in [1.165, 1.54) is 0 Å². The highest BCUT2D eigenvalue weighted by Crippen LogP contribution is 2.35. The van der Waals surface area contributed by atoms with Crippen LogP contribution in [0.15, 0.2) is 12.7 Å². The molecule has 0 rings (SSSR count). The van der Waals surface area contributed by atoms with Crippen molar-refractivity contribution in [2.75, 3.05) is 6.61 Å². The summed E-state index contributed by atoms with van der Waals surface area (Å²) in [5.41, 5.74) is 5.63. The topological polar surface area (TPSA) is 52.3 Å². The van der Waals surface area contributed by atoms with Crippen LogP contribution in [-0.4, -0.2) is 17.1 Å². The van der Waals surface area contributed by atoms with Crippen molar-refractivity contribution in [2.24, 2.45) is 5.73 Å². The lowest BCUT2D eigenvalue weighted by Crippen LogP contribution is -2.35. The number of nitrogens with two attached hydrogens (primary N) is 1. The van der Waals surface area contributed by atoms with E-state index in [4.69, 9.17) is 10.3 Å². The molecule has 0 aliphatic heterocycles. The Hall–Kier alpha value is 0.240. The minimum atomic E-state index is -2.21. The van der Waals surface area contributed by atoms with Crippen molar-refractivity contribution in [3.8, 4) is 0 Å². The molecule has 0 aliphatic carbocycles. The standard InChI is InChI=1S/C7H16NO2PS/c1-4-5-10-11(9)6(8)7(2,3)12/h4,6,11-12H,1,5,8H2,2-3H3. The smallest absolute Gasteiger partial charge is 0.209 e. The summed E-state index contributed by atoms with van der Waals surface area (Å²) in [6.07, 6.45) is 1.54. The number of rotatable bonds is 5. The molecule has 0 aromatic rings. The fourth-order valence-corrected chi connectivity index (χ4v) is 1.87. The van der Waals surface area contributed by atoms with Crippen LogP contribution in [0.4, 0.5) is 0 Å². The zero-order chi connectivity index (χ0) is 9.78. The molecule has 5 heteroatoms. The molecule has 2 atom stereocenters. The Bertz CT molecular complexity index is 179. The van der Waals surface area contributed by atoms with Gasteiger partial charge in [0.25, 0.3) is 0 Å². The molecule has 2 N–H and O–H groups in total. The van der Waals surface area contributed by atoms with Crippen molar-refractivity contribution in [1.29, 1.82) is 0 Å². The van der Waals surface area contributed by atoms with Crippen molar-refractivity contribution in [1.82, 2.24) is 0 Å². The van der Waals surface area contributed by atoms with E-state index in [0.29, 0.717) is 0 Å². The van der Waals surface area contributed by atoms with E-state index in [-0.39, 0.29) is 6.61 Å². The van der Waals surface area contributed by atoms with Crippen LogP contribution in [0.3, 0.4) is 0 Å². The van der Waals surface area contributed by atoms with E-state index in [9.17, 15) is 4.57 Å². The first kappa shape index (κ1) is 12.2. The summed E-state index contributed by atoms with van der Waals surface area (Å²) in [7, 11) is -2.21. The molecule has 72 valence electrons. The predicted octanol–water partition coefficient (Wildman–Crippen LogP) is 1.66. The van der Waals surface area contributed by atoms with Crippen LogP contribution in [-0.2, 0) is 9.09 Å². The molecule has 0 aromatic carbocycles. The molecule has 0 aliphatic rings. The first-order chi connectivity index (χ1) is 5.39. The molecule has 0 fully saturated rings. The second kappa shape index (κ2) is 5.07. The van der Waals surface area contributed by atoms with E-state index in [0.717, 1.165) is 0 Å². The average Bonchev–Trinajstić information content (AvgIpc) is 1.97. The normalized spacial score (nSPS) is 17.0. The van der Waals surface area contributed by atoms with Gasteiger partial charge in [-0.25, -0.2) is 0 Å². The quantitative estimate of drug-likeness (QED) is 0.411. The van der Waals surface area contributed by atoms with Gasteiger partial charge in [-0.1, -0.05) is 6.08 Å². The van der Waals surface area contributed by atoms with Gasteiger partial charge in [-0.2, -0.15) is 12.6 Å². The van der Waals surface area contributed by atoms with Crippen molar-refractivity contribution >= 4 is 20.7 Å². The minimum Gasteiger partial charge on any atom is -0.325 e. The molecular weight excluding hydrogens is 193 g/mol. The summed E-state index contributed by atoms with van der Waals surface area (Å²) < 4.78 is 15.7. The van der Waals surface area contributed by atoms with Gasteiger partial charge in [0, 0.05) is 4.75 Å². The first-order valence-electron chi connectivity index (χ1n) is 3.65. The van der Waals surface area contributed by atoms with Gasteiger partial charge in [0.05, 0.1) is 12.4 Å². The Balaban J connectivity index is 4.02. The summed E-state index contributed by atoms with van der Waals surface area (Å²) in [5.74, 6) is -0.522. The van der Waals surface area contributed by atoms with E-state index in [2.05, 4.69) is 19.2 Å². The monoisotopic (exact) mass is 209 g/mol. The molecule has 0 spiro atoms. The van der Waals surface area contributed by atoms with Crippen molar-refractivity contribution < 1.29 is 9.09 Å². The van der Waals surface area contributed by atoms with Crippen molar-refractivity contribution in [2.45, 2.75) is 24.4 Å². The van der Waals surface area contributed by atoms with Gasteiger partial charge in [0.15, 0.2) is 0 Å². The van der Waals surface area contributed by atoms with Gasteiger partial charge < -0.3 is 10.3 Å². The maximum Gasteiger partial charge on any atom is 0.209 e. The lowest BCUT2D eigenvalue weighted by molar-refractivity contribution is 0.358. The maximum atomic E-state index is 11.3. The fraction of sp³-hybridized carbons (Fsp3) is 0.714. The highest BCUT2D eigenvalue weighted by atomic mass is 32.1. The Morgan fingerprint density at radius 3 is 2.67 bits per heavy atom. The molecular formula is C7H16NO2PS. The molecule has 0 saturated carbocycles. The predicted molar refractivity (Wildman–Crippen MR) is 56.2 cm³/mol. The number of hydrogen-bond donors (Lipinski definition) is 2. The third-order valence-electron chi connectivity index (χ3n) is 1.36. The molecule has 2 unspecified atom stereocenters. The molecule has 12 heavy (non-hydrogen) atoms. The second-order valence-electron chi connectivity index (χ2n) is 3.05. The summed E-state index contributed by atoms with van der Waals surface area (Å²) in [4.78, 5) is 0. The summed E-state index contributed by atoms with van der Waals surface area (Å²) >= 11 is 4.21. The Morgan fingerprint density at radius 1 is 1.83 bits per heavy atom. The van der Waals surface area contributed by atoms with Crippen LogP contribution in [0, 0.1) is 0 Å². The SMILES string of the molecule is C=CCO[PH](=O)C(N)C(C)(C)S. The summed E-state index contributed by atoms with van der Waals surface area (Å²) in [5, 5.41) is 0. The fourth-order valence-electron chi connectivity index (χ4n) is 0.519. The van der Waals surface area contributed by atoms with E-state index >= 15 is 0 Å². The van der Waals surface area contributed by atoms with Gasteiger partial charge in [0.2, 0.25) is 8.03 Å². The Kier molecular flexibility index (Phi) is 5.18. The highest BCUT2D eigenvalue weighted by Gasteiger charge is 2.27. The minimum absolute atomic E-state index is 0.273. The largest absolute Gasteiger partial charge is 0.325 e. The summed E-state index contributed by atoms with van der Waals surface area (Å²) in [6, 6.07) is 0. The van der Waals surface area contributed by atoms with Gasteiger partial charge in [-0.3, -0.25) is 4.57 Å². The zero-order valence-electron chi connectivity index (χ0n) is 7.41. The van der Waals surface area contributed by atoms with Crippen molar-refractivity contribution in [3.05, 3.63) is 12.7 Å². The first-order valence-corrected chi connectivity index (χ1v) is 5.49. The van der Waals surface area contributed by atoms with Crippen LogP contribution >= 0.6 is 20.7 Å². The van der Waals surface area contributed by atoms with Gasteiger partial charge in [-0.05, 0) is 13.8 Å². The molecule has 0 saturated heterocycles. The number of thiol groups is 1. The number of hydrogen-bond acceptors (Lipinski definition) is 4. The molecule has 0 heterocycles. The van der Waals surface area contributed by atoms with E-state index < -0.39 is 18.6 Å². The Labute approximate surface area is 79.6 Å². The lowest BCUT2D eigenvalue weighted by Gasteiger charge is -2.24. The average molecular weight is 209 g/mol. The lowest BCUT2D eigenvalue weighted by atomic mass is 10.2. The van der Waals surface area contributed by atoms with Crippen LogP contribution in [0.2, 0.25) is 0 Å². The Morgan fingerprint density at radius 2 is 2.33 bits per heavy atom. The third kappa shape index (κ3) is 4.31. The molecule has 0 bridgehead atoms. The molecule has 3 nitrogen and oxygen atoms in total. The van der Waals surface area contributed by atoms with Gasteiger partial charge in [0.1, 0.15) is 0 Å². The molecule has 0 radical (unpaired) electrons. The molecule has 0 amide bonds. The van der Waals surface area contributed by atoms with Crippen LogP contribution in [0.25, 0.3) is 0 Å². The van der Waals surface area contributed by atoms with E-state index in [1.807, 2.05) is 0 Å². The highest BCUT2D eigenvalue weighted by molar-refractivity contribution is 7.82. The molecule has 0 aromatic heterocycles. The van der Waals surface area contributed by atoms with E-state index in [1.54, 1.807) is 19.9 Å². The van der Waals surface area contributed by atoms with Crippen LogP contribution in [0.5, 0.6) is 0 Å². The third-order valence-corrected chi connectivity index (χ3v) is 3.56.